The van der Waals surface area contributed by atoms with E-state index in [9.17, 15) is 14.3 Å². The minimum absolute atomic E-state index is 0.0546. The summed E-state index contributed by atoms with van der Waals surface area (Å²) in [4.78, 5) is 22.9. The molecule has 0 aliphatic rings. The third-order valence-corrected chi connectivity index (χ3v) is 11.9. The number of carbonyl (C=O) groups is 1. The summed E-state index contributed by atoms with van der Waals surface area (Å²) >= 11 is 0. The maximum absolute atomic E-state index is 12.7. The summed E-state index contributed by atoms with van der Waals surface area (Å²) in [5.74, 6) is -0.329. The highest BCUT2D eigenvalue weighted by molar-refractivity contribution is 7.47. The predicted octanol–water partition coefficient (Wildman–Crippen LogP) is 15.0. The number of unbranched alkanes of at least 4 members (excludes halogenated alkanes) is 32. The minimum atomic E-state index is -4.29. The van der Waals surface area contributed by atoms with Gasteiger partial charge in [-0.15, -0.1) is 0 Å². The van der Waals surface area contributed by atoms with Gasteiger partial charge in [0, 0.05) is 6.42 Å². The third-order valence-electron chi connectivity index (χ3n) is 10.9. The van der Waals surface area contributed by atoms with Crippen LogP contribution in [0.15, 0.2) is 12.3 Å². The van der Waals surface area contributed by atoms with Gasteiger partial charge in [0.1, 0.15) is 19.8 Å². The van der Waals surface area contributed by atoms with E-state index in [0.29, 0.717) is 17.4 Å². The molecule has 0 aliphatic carbocycles. The largest absolute Gasteiger partial charge is 0.498 e. The monoisotopic (exact) mass is 831 g/mol. The van der Waals surface area contributed by atoms with Gasteiger partial charge in [0.2, 0.25) is 0 Å². The lowest BCUT2D eigenvalue weighted by Gasteiger charge is -2.24. The molecule has 0 saturated carbocycles. The second kappa shape index (κ2) is 41.8. The molecule has 0 rings (SSSR count). The first kappa shape index (κ1) is 56.1. The number of allylic oxidation sites excluding steroid dienone is 1. The summed E-state index contributed by atoms with van der Waals surface area (Å²) in [5.41, 5.74) is 0. The van der Waals surface area contributed by atoms with Gasteiger partial charge in [-0.25, -0.2) is 4.57 Å². The summed E-state index contributed by atoms with van der Waals surface area (Å²) < 4.78 is 34.9. The minimum Gasteiger partial charge on any atom is -0.498 e. The van der Waals surface area contributed by atoms with Crippen LogP contribution in [0.3, 0.4) is 0 Å². The van der Waals surface area contributed by atoms with Crippen LogP contribution in [0.25, 0.3) is 0 Å². The van der Waals surface area contributed by atoms with Crippen molar-refractivity contribution < 1.29 is 37.3 Å². The number of carbonyl (C=O) groups excluding carboxylic acids is 1. The van der Waals surface area contributed by atoms with Crippen molar-refractivity contribution in [3.05, 3.63) is 12.3 Å². The molecule has 0 aliphatic heterocycles. The fourth-order valence-electron chi connectivity index (χ4n) is 7.11. The van der Waals surface area contributed by atoms with Crippen molar-refractivity contribution in [3.8, 4) is 0 Å². The Kier molecular flexibility index (Phi) is 41.1. The van der Waals surface area contributed by atoms with Gasteiger partial charge < -0.3 is 18.9 Å². The number of likely N-dealkylation sites (N-methyl/N-ethyl adjacent to an activating group) is 1. The van der Waals surface area contributed by atoms with E-state index in [2.05, 4.69) is 13.8 Å². The van der Waals surface area contributed by atoms with Crippen molar-refractivity contribution in [1.29, 1.82) is 0 Å². The molecule has 0 aromatic carbocycles. The Balaban J connectivity index is 4.17. The first-order valence-corrected chi connectivity index (χ1v) is 26.0. The zero-order valence-electron chi connectivity index (χ0n) is 38.6. The van der Waals surface area contributed by atoms with E-state index in [1.165, 1.54) is 186 Å². The van der Waals surface area contributed by atoms with Gasteiger partial charge in [-0.1, -0.05) is 213 Å². The van der Waals surface area contributed by atoms with Crippen LogP contribution in [0.5, 0.6) is 0 Å². The van der Waals surface area contributed by atoms with E-state index in [-0.39, 0.29) is 25.8 Å². The maximum Gasteiger partial charge on any atom is 0.472 e. The lowest BCUT2D eigenvalue weighted by Crippen LogP contribution is -2.37. The van der Waals surface area contributed by atoms with Crippen LogP contribution in [0.4, 0.5) is 0 Å². The lowest BCUT2D eigenvalue weighted by atomic mass is 10.0. The molecule has 0 fully saturated rings. The molecular formula is C48H97NO7P+. The molecule has 0 aromatic heterocycles. The topological polar surface area (TPSA) is 91.3 Å². The molecule has 0 bridgehead atoms. The van der Waals surface area contributed by atoms with Crippen molar-refractivity contribution in [3.63, 3.8) is 0 Å². The molecule has 0 amide bonds. The summed E-state index contributed by atoms with van der Waals surface area (Å²) in [6.07, 6.45) is 47.7. The van der Waals surface area contributed by atoms with Gasteiger partial charge in [-0.3, -0.25) is 13.8 Å². The fourth-order valence-corrected chi connectivity index (χ4v) is 7.85. The van der Waals surface area contributed by atoms with Crippen LogP contribution < -0.4 is 0 Å². The molecule has 1 unspecified atom stereocenters. The third kappa shape index (κ3) is 46.0. The van der Waals surface area contributed by atoms with Crippen LogP contribution >= 0.6 is 7.82 Å². The number of hydrogen-bond donors (Lipinski definition) is 1. The average molecular weight is 831 g/mol. The molecule has 0 spiro atoms. The summed E-state index contributed by atoms with van der Waals surface area (Å²) in [6, 6.07) is 0. The van der Waals surface area contributed by atoms with E-state index in [1.54, 1.807) is 6.26 Å². The number of hydrogen-bond acceptors (Lipinski definition) is 6. The van der Waals surface area contributed by atoms with E-state index in [1.807, 2.05) is 27.2 Å². The van der Waals surface area contributed by atoms with E-state index in [4.69, 9.17) is 18.5 Å². The number of rotatable bonds is 46. The molecule has 8 nitrogen and oxygen atoms in total. The molecule has 340 valence electrons. The van der Waals surface area contributed by atoms with E-state index in [0.717, 1.165) is 32.1 Å². The number of ether oxygens (including phenoxy) is 2. The van der Waals surface area contributed by atoms with Crippen molar-refractivity contribution in [2.45, 2.75) is 245 Å². The van der Waals surface area contributed by atoms with Crippen molar-refractivity contribution in [2.75, 3.05) is 47.5 Å². The van der Waals surface area contributed by atoms with Gasteiger partial charge in [0.05, 0.1) is 34.0 Å². The Bertz CT molecular complexity index is 925. The van der Waals surface area contributed by atoms with Crippen LogP contribution in [0.2, 0.25) is 0 Å². The normalized spacial score (nSPS) is 13.6. The molecule has 0 radical (unpaired) electrons. The summed E-state index contributed by atoms with van der Waals surface area (Å²) in [5, 5.41) is 0. The molecule has 9 heteroatoms. The van der Waals surface area contributed by atoms with Crippen molar-refractivity contribution in [2.24, 2.45) is 0 Å². The number of quaternary nitrogens is 1. The standard InChI is InChI=1S/C48H96NO7P/c1-6-8-10-12-14-16-18-20-22-24-25-26-27-29-31-33-35-37-39-41-48(50)56-47(46-55-57(51,52)54-44-42-49(3,4)5)45-53-43-40-38-36-34-32-30-28-23-21-19-17-15-13-11-9-7-2/h40,43,47H,6-39,41-42,44-46H2,1-5H3/p+1/b43-40-/t47-/m1/s1. The second-order valence-corrected chi connectivity index (χ2v) is 19.4. The summed E-state index contributed by atoms with van der Waals surface area (Å²) in [6.45, 7) is 4.98. The predicted molar refractivity (Wildman–Crippen MR) is 243 cm³/mol. The highest BCUT2D eigenvalue weighted by Gasteiger charge is 2.26. The number of phosphoric ester groups is 1. The van der Waals surface area contributed by atoms with Crippen LogP contribution in [-0.2, 0) is 27.9 Å². The Morgan fingerprint density at radius 2 is 0.912 bits per heavy atom. The quantitative estimate of drug-likeness (QED) is 0.0215. The smallest absolute Gasteiger partial charge is 0.472 e. The average Bonchev–Trinajstić information content (AvgIpc) is 3.16. The lowest BCUT2D eigenvalue weighted by molar-refractivity contribution is -0.870. The highest BCUT2D eigenvalue weighted by Crippen LogP contribution is 2.43. The van der Waals surface area contributed by atoms with Crippen molar-refractivity contribution >= 4 is 13.8 Å². The Hall–Kier alpha value is -0.920. The summed E-state index contributed by atoms with van der Waals surface area (Å²) in [7, 11) is 1.65. The van der Waals surface area contributed by atoms with Gasteiger partial charge in [-0.05, 0) is 25.3 Å². The second-order valence-electron chi connectivity index (χ2n) is 17.9. The molecule has 2 atom stereocenters. The number of esters is 1. The van der Waals surface area contributed by atoms with Crippen molar-refractivity contribution in [1.82, 2.24) is 0 Å². The van der Waals surface area contributed by atoms with E-state index < -0.39 is 13.9 Å². The zero-order valence-corrected chi connectivity index (χ0v) is 39.5. The molecule has 57 heavy (non-hydrogen) atoms. The van der Waals surface area contributed by atoms with Crippen LogP contribution in [-0.4, -0.2) is 69.0 Å². The Labute approximate surface area is 354 Å². The number of phosphoric acid groups is 1. The first-order valence-electron chi connectivity index (χ1n) is 24.5. The SMILES string of the molecule is CCCCCCCCCCCCCCCC/C=C\OC[C@H](COP(=O)(O)OCC[N+](C)(C)C)OC(=O)CCCCCCCCCCCCCCCCCCCCC. The van der Waals surface area contributed by atoms with E-state index >= 15 is 0 Å². The number of nitrogens with zero attached hydrogens (tertiary/aromatic N) is 1. The molecule has 0 heterocycles. The molecular weight excluding hydrogens is 734 g/mol. The zero-order chi connectivity index (χ0) is 42.0. The van der Waals surface area contributed by atoms with Crippen LogP contribution in [0.1, 0.15) is 239 Å². The molecule has 1 N–H and O–H groups in total. The van der Waals surface area contributed by atoms with Crippen LogP contribution in [0, 0.1) is 0 Å². The van der Waals surface area contributed by atoms with Gasteiger partial charge >= 0.3 is 13.8 Å². The van der Waals surface area contributed by atoms with Gasteiger partial charge in [-0.2, -0.15) is 0 Å². The highest BCUT2D eigenvalue weighted by atomic mass is 31.2. The van der Waals surface area contributed by atoms with Gasteiger partial charge in [0.15, 0.2) is 6.10 Å². The Morgan fingerprint density at radius 1 is 0.544 bits per heavy atom. The Morgan fingerprint density at radius 3 is 1.30 bits per heavy atom. The fraction of sp³-hybridized carbons (Fsp3) is 0.938. The molecule has 0 saturated heterocycles. The van der Waals surface area contributed by atoms with Gasteiger partial charge in [0.25, 0.3) is 0 Å². The molecule has 0 aromatic rings. The maximum atomic E-state index is 12.7. The first-order chi connectivity index (χ1) is 27.6.